The largest absolute Gasteiger partial charge is 0.480 e. The summed E-state index contributed by atoms with van der Waals surface area (Å²) in [5, 5.41) is 19.2. The van der Waals surface area contributed by atoms with Crippen molar-refractivity contribution in [1.82, 2.24) is 0 Å². The second kappa shape index (κ2) is 4.24. The number of hydrogen-bond acceptors (Lipinski definition) is 4. The zero-order chi connectivity index (χ0) is 11.6. The van der Waals surface area contributed by atoms with E-state index >= 15 is 0 Å². The molecule has 6 nitrogen and oxygen atoms in total. The van der Waals surface area contributed by atoms with Crippen molar-refractivity contribution >= 4 is 23.3 Å². The van der Waals surface area contributed by atoms with Crippen LogP contribution in [0.4, 0.5) is 5.69 Å². The maximum Gasteiger partial charge on any atom is 0.325 e. The highest BCUT2D eigenvalue weighted by Crippen LogP contribution is 2.30. The third-order valence-corrected chi connectivity index (χ3v) is 2.13. The van der Waals surface area contributed by atoms with Crippen LogP contribution in [0.2, 0.25) is 5.02 Å². The molecular formula is C8H7ClN2O4. The summed E-state index contributed by atoms with van der Waals surface area (Å²) < 4.78 is 0. The quantitative estimate of drug-likeness (QED) is 0.602. The van der Waals surface area contributed by atoms with Crippen molar-refractivity contribution in [2.24, 2.45) is 5.73 Å². The highest BCUT2D eigenvalue weighted by molar-refractivity contribution is 6.32. The number of carboxylic acids is 1. The molecule has 80 valence electrons. The molecule has 0 aliphatic rings. The predicted octanol–water partition coefficient (Wildman–Crippen LogP) is 1.33. The van der Waals surface area contributed by atoms with Gasteiger partial charge in [0, 0.05) is 6.07 Å². The molecule has 3 N–H and O–H groups in total. The fourth-order valence-electron chi connectivity index (χ4n) is 1.12. The molecule has 0 spiro atoms. The monoisotopic (exact) mass is 230 g/mol. The van der Waals surface area contributed by atoms with E-state index in [9.17, 15) is 14.9 Å². The number of aliphatic carboxylic acids is 1. The van der Waals surface area contributed by atoms with Crippen molar-refractivity contribution in [3.8, 4) is 0 Å². The number of nitro benzene ring substituents is 1. The van der Waals surface area contributed by atoms with E-state index in [1.165, 1.54) is 12.1 Å². The lowest BCUT2D eigenvalue weighted by Gasteiger charge is -2.08. The Balaban J connectivity index is 3.37. The topological polar surface area (TPSA) is 106 Å². The molecule has 0 aliphatic carbocycles. The van der Waals surface area contributed by atoms with Crippen molar-refractivity contribution in [2.45, 2.75) is 6.04 Å². The summed E-state index contributed by atoms with van der Waals surface area (Å²) in [6, 6.07) is 2.37. The Morgan fingerprint density at radius 3 is 2.67 bits per heavy atom. The van der Waals surface area contributed by atoms with Crippen LogP contribution in [0.15, 0.2) is 18.2 Å². The van der Waals surface area contributed by atoms with Gasteiger partial charge in [0.05, 0.1) is 15.5 Å². The predicted molar refractivity (Wildman–Crippen MR) is 52.7 cm³/mol. The fraction of sp³-hybridized carbons (Fsp3) is 0.125. The molecule has 15 heavy (non-hydrogen) atoms. The van der Waals surface area contributed by atoms with Gasteiger partial charge in [-0.15, -0.1) is 0 Å². The number of halogens is 1. The van der Waals surface area contributed by atoms with Gasteiger partial charge in [0.1, 0.15) is 6.04 Å². The van der Waals surface area contributed by atoms with Gasteiger partial charge in [0.15, 0.2) is 0 Å². The zero-order valence-electron chi connectivity index (χ0n) is 7.38. The summed E-state index contributed by atoms with van der Waals surface area (Å²) in [5.41, 5.74) is 4.71. The Bertz CT molecular complexity index is 421. The fourth-order valence-corrected chi connectivity index (χ4v) is 1.40. The van der Waals surface area contributed by atoms with Gasteiger partial charge in [-0.25, -0.2) is 0 Å². The first-order chi connectivity index (χ1) is 6.95. The van der Waals surface area contributed by atoms with Crippen LogP contribution in [0.25, 0.3) is 0 Å². The molecule has 0 aromatic heterocycles. The molecule has 0 saturated heterocycles. The lowest BCUT2D eigenvalue weighted by atomic mass is 10.1. The van der Waals surface area contributed by atoms with Gasteiger partial charge < -0.3 is 10.8 Å². The van der Waals surface area contributed by atoms with Gasteiger partial charge in [0.2, 0.25) is 0 Å². The van der Waals surface area contributed by atoms with Gasteiger partial charge in [0.25, 0.3) is 5.69 Å². The smallest absolute Gasteiger partial charge is 0.325 e. The third-order valence-electron chi connectivity index (χ3n) is 1.80. The van der Waals surface area contributed by atoms with E-state index in [-0.39, 0.29) is 10.6 Å². The maximum absolute atomic E-state index is 10.6. The number of carbonyl (C=O) groups is 1. The molecule has 1 atom stereocenters. The molecule has 0 radical (unpaired) electrons. The van der Waals surface area contributed by atoms with Crippen molar-refractivity contribution < 1.29 is 14.8 Å². The van der Waals surface area contributed by atoms with Crippen LogP contribution in [0.5, 0.6) is 0 Å². The highest BCUT2D eigenvalue weighted by atomic mass is 35.5. The number of nitrogens with zero attached hydrogens (tertiary/aromatic N) is 1. The van der Waals surface area contributed by atoms with Gasteiger partial charge >= 0.3 is 5.97 Å². The zero-order valence-corrected chi connectivity index (χ0v) is 8.14. The average molecular weight is 231 g/mol. The van der Waals surface area contributed by atoms with Crippen LogP contribution in [-0.4, -0.2) is 16.0 Å². The molecule has 1 aromatic rings. The Morgan fingerprint density at radius 2 is 2.20 bits per heavy atom. The van der Waals surface area contributed by atoms with E-state index in [0.29, 0.717) is 0 Å². The van der Waals surface area contributed by atoms with Crippen LogP contribution in [0.1, 0.15) is 11.6 Å². The lowest BCUT2D eigenvalue weighted by Crippen LogP contribution is -2.22. The Hall–Kier alpha value is -1.66. The van der Waals surface area contributed by atoms with E-state index in [2.05, 4.69) is 0 Å². The number of benzene rings is 1. The van der Waals surface area contributed by atoms with Gasteiger partial charge in [-0.1, -0.05) is 17.7 Å². The molecule has 0 amide bonds. The molecule has 1 aromatic carbocycles. The van der Waals surface area contributed by atoms with Gasteiger partial charge in [-0.3, -0.25) is 14.9 Å². The Kier molecular flexibility index (Phi) is 3.23. The highest BCUT2D eigenvalue weighted by Gasteiger charge is 2.26. The Morgan fingerprint density at radius 1 is 1.60 bits per heavy atom. The van der Waals surface area contributed by atoms with Crippen LogP contribution in [-0.2, 0) is 4.79 Å². The second-order valence-electron chi connectivity index (χ2n) is 2.75. The summed E-state index contributed by atoms with van der Waals surface area (Å²) in [4.78, 5) is 20.5. The lowest BCUT2D eigenvalue weighted by molar-refractivity contribution is -0.385. The van der Waals surface area contributed by atoms with Crippen LogP contribution in [0, 0.1) is 10.1 Å². The molecule has 0 bridgehead atoms. The van der Waals surface area contributed by atoms with E-state index in [0.717, 1.165) is 6.07 Å². The minimum Gasteiger partial charge on any atom is -0.480 e. The van der Waals surface area contributed by atoms with Crippen molar-refractivity contribution in [3.05, 3.63) is 38.9 Å². The van der Waals surface area contributed by atoms with Crippen molar-refractivity contribution in [3.63, 3.8) is 0 Å². The SMILES string of the molecule is NC(C(=O)O)c1c(Cl)cccc1[N+](=O)[O-]. The second-order valence-corrected chi connectivity index (χ2v) is 3.15. The van der Waals surface area contributed by atoms with E-state index in [1.54, 1.807) is 0 Å². The molecule has 0 aliphatic heterocycles. The van der Waals surface area contributed by atoms with Crippen LogP contribution in [0.3, 0.4) is 0 Å². The van der Waals surface area contributed by atoms with E-state index in [1.807, 2.05) is 0 Å². The van der Waals surface area contributed by atoms with Crippen molar-refractivity contribution in [1.29, 1.82) is 0 Å². The van der Waals surface area contributed by atoms with Gasteiger partial charge in [-0.2, -0.15) is 0 Å². The molecular weight excluding hydrogens is 224 g/mol. The first kappa shape index (κ1) is 11.4. The number of rotatable bonds is 3. The number of carboxylic acid groups (broad SMARTS) is 1. The molecule has 0 fully saturated rings. The number of nitro groups is 1. The van der Waals surface area contributed by atoms with E-state index in [4.69, 9.17) is 22.4 Å². The minimum atomic E-state index is -1.50. The summed E-state index contributed by atoms with van der Waals surface area (Å²) >= 11 is 5.66. The van der Waals surface area contributed by atoms with Crippen LogP contribution < -0.4 is 5.73 Å². The first-order valence-corrected chi connectivity index (χ1v) is 4.24. The first-order valence-electron chi connectivity index (χ1n) is 3.86. The van der Waals surface area contributed by atoms with Gasteiger partial charge in [-0.05, 0) is 6.07 Å². The van der Waals surface area contributed by atoms with Crippen LogP contribution >= 0.6 is 11.6 Å². The number of nitrogens with two attached hydrogens (primary N) is 1. The van der Waals surface area contributed by atoms with E-state index < -0.39 is 22.6 Å². The molecule has 1 unspecified atom stereocenters. The summed E-state index contributed by atoms with van der Waals surface area (Å²) in [6.07, 6.45) is 0. The average Bonchev–Trinajstić information content (AvgIpc) is 2.16. The summed E-state index contributed by atoms with van der Waals surface area (Å²) in [5.74, 6) is -1.37. The molecule has 1 rings (SSSR count). The third kappa shape index (κ3) is 2.23. The summed E-state index contributed by atoms with van der Waals surface area (Å²) in [6.45, 7) is 0. The Labute approximate surface area is 89.4 Å². The molecule has 0 heterocycles. The molecule has 0 saturated carbocycles. The number of hydrogen-bond donors (Lipinski definition) is 2. The maximum atomic E-state index is 10.6. The normalized spacial score (nSPS) is 12.1. The summed E-state index contributed by atoms with van der Waals surface area (Å²) in [7, 11) is 0. The molecule has 7 heteroatoms. The standard InChI is InChI=1S/C8H7ClN2O4/c9-4-2-1-3-5(11(14)15)6(4)7(10)8(12)13/h1-3,7H,10H2,(H,12,13). The minimum absolute atomic E-state index is 0.0286. The van der Waals surface area contributed by atoms with Crippen molar-refractivity contribution in [2.75, 3.05) is 0 Å².